The summed E-state index contributed by atoms with van der Waals surface area (Å²) < 4.78 is 13.2. The Labute approximate surface area is 199 Å². The zero-order valence-electron chi connectivity index (χ0n) is 20.0. The van der Waals surface area contributed by atoms with E-state index in [0.29, 0.717) is 17.3 Å². The molecule has 172 valence electrons. The zero-order valence-corrected chi connectivity index (χ0v) is 21.0. The molecular formula is C26H33N4O2Si+. The van der Waals surface area contributed by atoms with Crippen LogP contribution in [0.2, 0.25) is 5.54 Å². The van der Waals surface area contributed by atoms with Gasteiger partial charge >= 0.3 is 9.28 Å². The molecule has 1 fully saturated rings. The molecule has 3 rings (SSSR count). The van der Waals surface area contributed by atoms with Gasteiger partial charge in [-0.25, -0.2) is 0 Å². The fourth-order valence-electron chi connectivity index (χ4n) is 3.44. The summed E-state index contributed by atoms with van der Waals surface area (Å²) in [7, 11) is -1.83. The summed E-state index contributed by atoms with van der Waals surface area (Å²) in [6.45, 7) is 7.67. The Bertz CT molecular complexity index is 916. The molecule has 33 heavy (non-hydrogen) atoms. The first-order chi connectivity index (χ1) is 16.0. The first-order valence-electron chi connectivity index (χ1n) is 11.5. The minimum absolute atomic E-state index is 0.324. The van der Waals surface area contributed by atoms with Gasteiger partial charge in [0.25, 0.3) is 11.8 Å². The first-order valence-corrected chi connectivity index (χ1v) is 12.9. The Balaban J connectivity index is 1.97. The number of hydrogen-bond donors (Lipinski definition) is 0. The molecule has 0 atom stereocenters. The SMILES string of the molecule is CC(C)=N/N=C(/O[Si+](O/C(=N/N=C(C)C)c1ccccc1)C1CCCCC1)c1ccccc1. The summed E-state index contributed by atoms with van der Waals surface area (Å²) in [6.07, 6.45) is 5.76. The van der Waals surface area contributed by atoms with Crippen LogP contribution >= 0.6 is 0 Å². The lowest BCUT2D eigenvalue weighted by atomic mass is 10.0. The lowest BCUT2D eigenvalue weighted by Gasteiger charge is -2.17. The summed E-state index contributed by atoms with van der Waals surface area (Å²) in [5.74, 6) is 0.970. The number of benzene rings is 2. The van der Waals surface area contributed by atoms with Crippen LogP contribution in [0.4, 0.5) is 0 Å². The zero-order chi connectivity index (χ0) is 23.5. The monoisotopic (exact) mass is 461 g/mol. The molecule has 0 aliphatic heterocycles. The van der Waals surface area contributed by atoms with Crippen LogP contribution in [0.25, 0.3) is 0 Å². The molecule has 1 saturated carbocycles. The van der Waals surface area contributed by atoms with Crippen molar-refractivity contribution in [1.29, 1.82) is 0 Å². The molecule has 0 aromatic heterocycles. The van der Waals surface area contributed by atoms with Crippen LogP contribution in [0.5, 0.6) is 0 Å². The molecule has 2 aromatic carbocycles. The predicted molar refractivity (Wildman–Crippen MR) is 138 cm³/mol. The van der Waals surface area contributed by atoms with Crippen molar-refractivity contribution in [2.45, 2.75) is 65.3 Å². The second-order valence-electron chi connectivity index (χ2n) is 8.49. The molecule has 6 nitrogen and oxygen atoms in total. The smallest absolute Gasteiger partial charge is 0.298 e. The van der Waals surface area contributed by atoms with Crippen molar-refractivity contribution in [3.05, 3.63) is 71.8 Å². The fraction of sp³-hybridized carbons (Fsp3) is 0.385. The Morgan fingerprint density at radius 2 is 1.06 bits per heavy atom. The van der Waals surface area contributed by atoms with Gasteiger partial charge in [-0.1, -0.05) is 55.7 Å². The molecule has 1 aliphatic carbocycles. The largest absolute Gasteiger partial charge is 0.786 e. The second kappa shape index (κ2) is 12.8. The summed E-state index contributed by atoms with van der Waals surface area (Å²) in [5.41, 5.74) is 3.80. The van der Waals surface area contributed by atoms with E-state index >= 15 is 0 Å². The maximum atomic E-state index is 6.58. The van der Waals surface area contributed by atoms with Gasteiger partial charge in [0.05, 0.1) is 0 Å². The molecule has 7 heteroatoms. The molecule has 0 bridgehead atoms. The fourth-order valence-corrected chi connectivity index (χ4v) is 5.40. The molecule has 0 radical (unpaired) electrons. The highest BCUT2D eigenvalue weighted by molar-refractivity contribution is 6.52. The van der Waals surface area contributed by atoms with Crippen LogP contribution in [0.1, 0.15) is 70.9 Å². The van der Waals surface area contributed by atoms with Crippen molar-refractivity contribution >= 4 is 32.5 Å². The second-order valence-corrected chi connectivity index (χ2v) is 10.4. The van der Waals surface area contributed by atoms with E-state index in [1.54, 1.807) is 0 Å². The Hall–Kier alpha value is -3.06. The average Bonchev–Trinajstić information content (AvgIpc) is 2.84. The highest BCUT2D eigenvalue weighted by atomic mass is 28.3. The summed E-state index contributed by atoms with van der Waals surface area (Å²) >= 11 is 0. The molecule has 0 unspecified atom stereocenters. The first kappa shape index (κ1) is 24.6. The van der Waals surface area contributed by atoms with Crippen LogP contribution in [-0.2, 0) is 8.85 Å². The van der Waals surface area contributed by atoms with Crippen LogP contribution in [0, 0.1) is 0 Å². The van der Waals surface area contributed by atoms with Gasteiger partial charge < -0.3 is 0 Å². The standard InChI is InChI=1S/C26H33N4O2Si/c1-20(2)27-29-25(22-14-8-5-9-15-22)31-33(24-18-12-7-13-19-24)32-26(30-28-21(3)4)23-16-10-6-11-17-23/h5-6,8-11,14-17,24H,7,12-13,18-19H2,1-4H3/q+1/b29-25+,30-26+. The third kappa shape index (κ3) is 8.09. The molecule has 2 aromatic rings. The van der Waals surface area contributed by atoms with E-state index in [0.717, 1.165) is 35.4 Å². The lowest BCUT2D eigenvalue weighted by molar-refractivity contribution is 0.356. The summed E-state index contributed by atoms with van der Waals surface area (Å²) in [6, 6.07) is 19.8. The predicted octanol–water partition coefficient (Wildman–Crippen LogP) is 6.53. The van der Waals surface area contributed by atoms with Crippen LogP contribution in [0.15, 0.2) is 81.1 Å². The van der Waals surface area contributed by atoms with E-state index in [1.165, 1.54) is 19.3 Å². The molecule has 0 N–H and O–H groups in total. The van der Waals surface area contributed by atoms with Gasteiger partial charge in [-0.15, -0.1) is 10.2 Å². The van der Waals surface area contributed by atoms with E-state index in [2.05, 4.69) is 20.4 Å². The minimum Gasteiger partial charge on any atom is -0.298 e. The number of rotatable bonds is 7. The number of hydrogen-bond acceptors (Lipinski definition) is 6. The van der Waals surface area contributed by atoms with Crippen LogP contribution < -0.4 is 0 Å². The Morgan fingerprint density at radius 1 is 0.636 bits per heavy atom. The van der Waals surface area contributed by atoms with Gasteiger partial charge in [0.2, 0.25) is 0 Å². The van der Waals surface area contributed by atoms with Crippen molar-refractivity contribution in [3.63, 3.8) is 0 Å². The average molecular weight is 462 g/mol. The van der Waals surface area contributed by atoms with Crippen LogP contribution in [0.3, 0.4) is 0 Å². The van der Waals surface area contributed by atoms with Crippen molar-refractivity contribution in [2.24, 2.45) is 20.4 Å². The molecule has 0 heterocycles. The minimum atomic E-state index is -1.83. The highest BCUT2D eigenvalue weighted by Crippen LogP contribution is 2.33. The van der Waals surface area contributed by atoms with Gasteiger partial charge in [-0.3, -0.25) is 8.85 Å². The lowest BCUT2D eigenvalue weighted by Crippen LogP contribution is -2.35. The Morgan fingerprint density at radius 3 is 1.45 bits per heavy atom. The highest BCUT2D eigenvalue weighted by Gasteiger charge is 2.50. The van der Waals surface area contributed by atoms with E-state index in [9.17, 15) is 0 Å². The summed E-state index contributed by atoms with van der Waals surface area (Å²) in [4.78, 5) is 0. The van der Waals surface area contributed by atoms with Gasteiger partial charge in [0.15, 0.2) is 0 Å². The normalized spacial score (nSPS) is 14.9. The van der Waals surface area contributed by atoms with Gasteiger partial charge in [0.1, 0.15) is 5.54 Å². The van der Waals surface area contributed by atoms with Gasteiger partial charge in [-0.05, 0) is 64.8 Å². The molecule has 0 spiro atoms. The third-order valence-corrected chi connectivity index (χ3v) is 7.09. The van der Waals surface area contributed by atoms with E-state index in [4.69, 9.17) is 8.85 Å². The molecular weight excluding hydrogens is 428 g/mol. The maximum Gasteiger partial charge on any atom is 0.786 e. The van der Waals surface area contributed by atoms with Crippen molar-refractivity contribution in [3.8, 4) is 0 Å². The maximum absolute atomic E-state index is 6.58. The van der Waals surface area contributed by atoms with Crippen LogP contribution in [-0.4, -0.2) is 32.5 Å². The van der Waals surface area contributed by atoms with E-state index in [-0.39, 0.29) is 0 Å². The topological polar surface area (TPSA) is 67.9 Å². The quantitative estimate of drug-likeness (QED) is 0.204. The Kier molecular flexibility index (Phi) is 9.56. The van der Waals surface area contributed by atoms with Crippen molar-refractivity contribution in [2.75, 3.05) is 0 Å². The number of nitrogens with zero attached hydrogens (tertiary/aromatic N) is 4. The van der Waals surface area contributed by atoms with E-state index < -0.39 is 9.28 Å². The molecule has 0 amide bonds. The summed E-state index contributed by atoms with van der Waals surface area (Å²) in [5, 5.41) is 17.5. The van der Waals surface area contributed by atoms with E-state index in [1.807, 2.05) is 88.4 Å². The van der Waals surface area contributed by atoms with Gasteiger partial charge in [-0.2, -0.15) is 10.2 Å². The van der Waals surface area contributed by atoms with Crippen molar-refractivity contribution in [1.82, 2.24) is 0 Å². The van der Waals surface area contributed by atoms with Gasteiger partial charge in [0, 0.05) is 22.6 Å². The molecule has 0 saturated heterocycles. The van der Waals surface area contributed by atoms with Crippen molar-refractivity contribution < 1.29 is 8.85 Å². The molecule has 1 aliphatic rings. The third-order valence-electron chi connectivity index (χ3n) is 5.06.